The molecule has 1 N–H and O–H groups in total. The average molecular weight is 524 g/mol. The molecule has 2 saturated heterocycles. The Hall–Kier alpha value is -3.32. The van der Waals surface area contributed by atoms with Crippen molar-refractivity contribution in [2.45, 2.75) is 57.2 Å². The van der Waals surface area contributed by atoms with Gasteiger partial charge in [0, 0.05) is 25.8 Å². The fraction of sp³-hybridized carbons (Fsp3) is 0.542. The van der Waals surface area contributed by atoms with Crippen molar-refractivity contribution >= 4 is 17.6 Å². The average Bonchev–Trinajstić information content (AvgIpc) is 3.49. The summed E-state index contributed by atoms with van der Waals surface area (Å²) in [5.74, 6) is -0.965. The summed E-state index contributed by atoms with van der Waals surface area (Å²) in [7, 11) is 0. The molecule has 3 aliphatic rings. The summed E-state index contributed by atoms with van der Waals surface area (Å²) in [6, 6.07) is 4.36. The summed E-state index contributed by atoms with van der Waals surface area (Å²) in [5.41, 5.74) is 0.0898. The van der Waals surface area contributed by atoms with Crippen LogP contribution in [0.5, 0.6) is 17.5 Å². The Bertz CT molecular complexity index is 1130. The summed E-state index contributed by atoms with van der Waals surface area (Å²) >= 11 is 0. The highest BCUT2D eigenvalue weighted by molar-refractivity contribution is 6.10. The zero-order valence-electron chi connectivity index (χ0n) is 20.0. The van der Waals surface area contributed by atoms with Gasteiger partial charge in [0.05, 0.1) is 6.61 Å². The van der Waals surface area contributed by atoms with Crippen LogP contribution < -0.4 is 14.4 Å². The number of amides is 2. The van der Waals surface area contributed by atoms with Crippen molar-refractivity contribution in [2.24, 2.45) is 0 Å². The topological polar surface area (TPSA) is 106 Å². The zero-order valence-corrected chi connectivity index (χ0v) is 20.0. The smallest absolute Gasteiger partial charge is 0.425 e. The predicted molar refractivity (Wildman–Crippen MR) is 122 cm³/mol. The first-order valence-electron chi connectivity index (χ1n) is 12.3. The number of ether oxygens (including phenoxy) is 4. The van der Waals surface area contributed by atoms with Crippen LogP contribution in [-0.2, 0) is 14.3 Å². The monoisotopic (exact) mass is 524 g/mol. The van der Waals surface area contributed by atoms with E-state index in [4.69, 9.17) is 14.2 Å². The molecule has 2 unspecified atom stereocenters. The predicted octanol–water partition coefficient (Wildman–Crippen LogP) is 3.99. The molecule has 4 heterocycles. The van der Waals surface area contributed by atoms with Gasteiger partial charge in [0.2, 0.25) is 0 Å². The van der Waals surface area contributed by atoms with Crippen molar-refractivity contribution in [2.75, 3.05) is 31.2 Å². The van der Waals surface area contributed by atoms with E-state index in [9.17, 15) is 22.8 Å². The number of hydrogen-bond donors (Lipinski definition) is 1. The van der Waals surface area contributed by atoms with Crippen LogP contribution in [0.15, 0.2) is 24.3 Å². The van der Waals surface area contributed by atoms with Gasteiger partial charge in [0.1, 0.15) is 17.5 Å². The summed E-state index contributed by atoms with van der Waals surface area (Å²) < 4.78 is 58.5. The van der Waals surface area contributed by atoms with Crippen molar-refractivity contribution in [3.05, 3.63) is 30.0 Å². The molecule has 1 aromatic carbocycles. The molecule has 200 valence electrons. The molecule has 10 nitrogen and oxygen atoms in total. The van der Waals surface area contributed by atoms with Crippen molar-refractivity contribution < 1.29 is 41.7 Å². The first kappa shape index (κ1) is 25.3. The van der Waals surface area contributed by atoms with Crippen molar-refractivity contribution in [1.82, 2.24) is 14.9 Å². The Morgan fingerprint density at radius 2 is 1.97 bits per heavy atom. The number of aromatic nitrogens is 2. The molecule has 0 aliphatic carbocycles. The Kier molecular flexibility index (Phi) is 7.24. The second-order valence-corrected chi connectivity index (χ2v) is 9.03. The largest absolute Gasteiger partial charge is 0.573 e. The van der Waals surface area contributed by atoms with E-state index < -0.39 is 24.1 Å². The van der Waals surface area contributed by atoms with Crippen LogP contribution in [0.4, 0.5) is 19.0 Å². The minimum atomic E-state index is -4.84. The molecular formula is C24H27F3N4O6. The number of nitrogens with one attached hydrogen (secondary N) is 1. The standard InChI is InChI=1S/C24H27F3N4O6/c25-24(26,27)37-16-7-3-6-15(14-16)36-23-28-19-20(29-23)30-10-4-8-17(30)21(32)31(22(19)33)11-5-13-35-18-9-1-2-12-34-18/h3,6-7,14,17-18H,1-2,4-5,8-13H2,(H,28,29). The lowest BCUT2D eigenvalue weighted by molar-refractivity contribution is -0.274. The van der Waals surface area contributed by atoms with Gasteiger partial charge in [-0.1, -0.05) is 6.07 Å². The Morgan fingerprint density at radius 1 is 1.14 bits per heavy atom. The maximum Gasteiger partial charge on any atom is 0.573 e. The lowest BCUT2D eigenvalue weighted by Crippen LogP contribution is -2.46. The van der Waals surface area contributed by atoms with Crippen LogP contribution in [0, 0.1) is 0 Å². The first-order chi connectivity index (χ1) is 17.8. The van der Waals surface area contributed by atoms with Gasteiger partial charge < -0.3 is 28.8 Å². The van der Waals surface area contributed by atoms with Gasteiger partial charge in [-0.15, -0.1) is 13.2 Å². The van der Waals surface area contributed by atoms with Crippen LogP contribution in [0.3, 0.4) is 0 Å². The number of benzene rings is 1. The number of nitrogens with zero attached hydrogens (tertiary/aromatic N) is 3. The molecule has 37 heavy (non-hydrogen) atoms. The molecule has 2 fully saturated rings. The second kappa shape index (κ2) is 10.6. The molecule has 3 aliphatic heterocycles. The van der Waals surface area contributed by atoms with Crippen LogP contribution in [0.2, 0.25) is 0 Å². The van der Waals surface area contributed by atoms with E-state index in [1.807, 2.05) is 0 Å². The summed E-state index contributed by atoms with van der Waals surface area (Å²) in [6.07, 6.45) is -0.449. The number of hydrogen-bond acceptors (Lipinski definition) is 8. The number of fused-ring (bicyclic) bond motifs is 3. The lowest BCUT2D eigenvalue weighted by Gasteiger charge is -2.26. The van der Waals surface area contributed by atoms with Crippen LogP contribution >= 0.6 is 0 Å². The molecule has 0 spiro atoms. The minimum absolute atomic E-state index is 0.0334. The summed E-state index contributed by atoms with van der Waals surface area (Å²) in [6.45, 7) is 1.71. The fourth-order valence-corrected chi connectivity index (χ4v) is 4.78. The maximum absolute atomic E-state index is 13.4. The zero-order chi connectivity index (χ0) is 26.0. The van der Waals surface area contributed by atoms with Gasteiger partial charge in [-0.05, 0) is 50.7 Å². The van der Waals surface area contributed by atoms with Gasteiger partial charge in [0.25, 0.3) is 11.8 Å². The molecule has 5 rings (SSSR count). The summed E-state index contributed by atoms with van der Waals surface area (Å²) in [5, 5.41) is 0. The number of rotatable bonds is 8. The van der Waals surface area contributed by atoms with Crippen LogP contribution in [0.25, 0.3) is 0 Å². The van der Waals surface area contributed by atoms with E-state index >= 15 is 0 Å². The van der Waals surface area contributed by atoms with Gasteiger partial charge >= 0.3 is 12.4 Å². The molecule has 0 saturated carbocycles. The Labute approximate surface area is 210 Å². The third-order valence-corrected chi connectivity index (χ3v) is 6.42. The lowest BCUT2D eigenvalue weighted by atomic mass is 10.2. The number of imide groups is 1. The van der Waals surface area contributed by atoms with E-state index in [2.05, 4.69) is 14.7 Å². The normalized spacial score (nSPS) is 22.0. The number of halogens is 3. The number of carbonyl (C=O) groups excluding carboxylic acids is 2. The highest BCUT2D eigenvalue weighted by atomic mass is 19.4. The summed E-state index contributed by atoms with van der Waals surface area (Å²) in [4.78, 5) is 36.8. The minimum Gasteiger partial charge on any atom is -0.425 e. The molecule has 2 aromatic rings. The SMILES string of the molecule is O=C1c2[nH]c(Oc3cccc(OC(F)(F)F)c3)nc2N2CCCC2C(=O)N1CCCOC1CCCCO1. The van der Waals surface area contributed by atoms with Gasteiger partial charge in [-0.25, -0.2) is 0 Å². The Balaban J connectivity index is 1.31. The molecule has 13 heteroatoms. The number of aromatic amines is 1. The fourth-order valence-electron chi connectivity index (χ4n) is 4.78. The molecule has 0 radical (unpaired) electrons. The van der Waals surface area contributed by atoms with Gasteiger partial charge in [-0.2, -0.15) is 4.98 Å². The molecule has 0 bridgehead atoms. The van der Waals surface area contributed by atoms with Crippen LogP contribution in [0.1, 0.15) is 49.0 Å². The quantitative estimate of drug-likeness (QED) is 0.408. The Morgan fingerprint density at radius 3 is 2.76 bits per heavy atom. The third kappa shape index (κ3) is 5.82. The van der Waals surface area contributed by atoms with Crippen molar-refractivity contribution in [3.63, 3.8) is 0 Å². The molecule has 2 atom stereocenters. The van der Waals surface area contributed by atoms with Crippen molar-refractivity contribution in [1.29, 1.82) is 0 Å². The number of imidazole rings is 1. The van der Waals surface area contributed by atoms with Crippen LogP contribution in [-0.4, -0.2) is 71.7 Å². The number of carbonyl (C=O) groups is 2. The maximum atomic E-state index is 13.4. The molecular weight excluding hydrogens is 497 g/mol. The van der Waals surface area contributed by atoms with E-state index in [1.54, 1.807) is 4.90 Å². The number of alkyl halides is 3. The van der Waals surface area contributed by atoms with E-state index in [-0.39, 0.29) is 42.0 Å². The van der Waals surface area contributed by atoms with Crippen molar-refractivity contribution in [3.8, 4) is 17.5 Å². The highest BCUT2D eigenvalue weighted by Gasteiger charge is 2.43. The number of anilines is 1. The van der Waals surface area contributed by atoms with E-state index in [0.717, 1.165) is 37.8 Å². The molecule has 2 amide bonds. The van der Waals surface area contributed by atoms with E-state index in [1.165, 1.54) is 17.0 Å². The second-order valence-electron chi connectivity index (χ2n) is 9.03. The van der Waals surface area contributed by atoms with Gasteiger partial charge in [0.15, 0.2) is 17.8 Å². The van der Waals surface area contributed by atoms with Gasteiger partial charge in [-0.3, -0.25) is 14.5 Å². The van der Waals surface area contributed by atoms with E-state index in [0.29, 0.717) is 32.6 Å². The third-order valence-electron chi connectivity index (χ3n) is 6.42. The first-order valence-corrected chi connectivity index (χ1v) is 12.3. The molecule has 1 aromatic heterocycles. The highest BCUT2D eigenvalue weighted by Crippen LogP contribution is 2.35. The number of H-pyrrole nitrogens is 1.